The molecule has 4 heteroatoms. The SMILES string of the molecule is Cc1ccc(C(CN)N(C)CCN(C)C)cc1Br. The van der Waals surface area contributed by atoms with Crippen molar-refractivity contribution in [1.29, 1.82) is 0 Å². The van der Waals surface area contributed by atoms with Crippen LogP contribution in [0.1, 0.15) is 17.2 Å². The lowest BCUT2D eigenvalue weighted by atomic mass is 10.0. The van der Waals surface area contributed by atoms with Crippen molar-refractivity contribution in [3.8, 4) is 0 Å². The molecule has 18 heavy (non-hydrogen) atoms. The van der Waals surface area contributed by atoms with Crippen LogP contribution in [0.3, 0.4) is 0 Å². The van der Waals surface area contributed by atoms with Crippen LogP contribution >= 0.6 is 15.9 Å². The van der Waals surface area contributed by atoms with E-state index in [1.165, 1.54) is 11.1 Å². The Hall–Kier alpha value is -0.420. The van der Waals surface area contributed by atoms with Gasteiger partial charge in [-0.3, -0.25) is 4.90 Å². The van der Waals surface area contributed by atoms with Gasteiger partial charge in [-0.2, -0.15) is 0 Å². The molecule has 1 rings (SSSR count). The molecule has 2 N–H and O–H groups in total. The molecule has 1 unspecified atom stereocenters. The number of rotatable bonds is 6. The van der Waals surface area contributed by atoms with E-state index in [-0.39, 0.29) is 6.04 Å². The largest absolute Gasteiger partial charge is 0.329 e. The molecule has 0 heterocycles. The summed E-state index contributed by atoms with van der Waals surface area (Å²) in [6.07, 6.45) is 0. The maximum atomic E-state index is 5.93. The van der Waals surface area contributed by atoms with Crippen molar-refractivity contribution in [3.05, 3.63) is 33.8 Å². The Labute approximate surface area is 119 Å². The van der Waals surface area contributed by atoms with Crippen LogP contribution in [0, 0.1) is 6.92 Å². The molecule has 102 valence electrons. The Bertz CT molecular complexity index is 379. The Morgan fingerprint density at radius 1 is 1.22 bits per heavy atom. The number of likely N-dealkylation sites (N-methyl/N-ethyl adjacent to an activating group) is 2. The van der Waals surface area contributed by atoms with E-state index in [4.69, 9.17) is 5.73 Å². The molecule has 0 aliphatic heterocycles. The van der Waals surface area contributed by atoms with Crippen LogP contribution in [0.4, 0.5) is 0 Å². The minimum atomic E-state index is 0.279. The fraction of sp³-hybridized carbons (Fsp3) is 0.571. The molecule has 1 aromatic rings. The summed E-state index contributed by atoms with van der Waals surface area (Å²) in [4.78, 5) is 4.51. The van der Waals surface area contributed by atoms with Crippen molar-refractivity contribution in [2.45, 2.75) is 13.0 Å². The number of benzene rings is 1. The van der Waals surface area contributed by atoms with Crippen LogP contribution in [-0.2, 0) is 0 Å². The number of nitrogens with two attached hydrogens (primary N) is 1. The number of nitrogens with zero attached hydrogens (tertiary/aromatic N) is 2. The first-order chi connectivity index (χ1) is 8.45. The molecule has 0 radical (unpaired) electrons. The first-order valence-electron chi connectivity index (χ1n) is 6.26. The third-order valence-electron chi connectivity index (χ3n) is 3.24. The van der Waals surface area contributed by atoms with Gasteiger partial charge in [0.2, 0.25) is 0 Å². The van der Waals surface area contributed by atoms with Crippen LogP contribution in [0.25, 0.3) is 0 Å². The van der Waals surface area contributed by atoms with Gasteiger partial charge in [0.05, 0.1) is 0 Å². The van der Waals surface area contributed by atoms with Gasteiger partial charge in [0, 0.05) is 30.1 Å². The molecular weight excluding hydrogens is 290 g/mol. The average Bonchev–Trinajstić information content (AvgIpc) is 2.32. The van der Waals surface area contributed by atoms with Crippen LogP contribution in [-0.4, -0.2) is 50.6 Å². The van der Waals surface area contributed by atoms with E-state index in [1.807, 2.05) is 0 Å². The topological polar surface area (TPSA) is 32.5 Å². The number of halogens is 1. The summed E-state index contributed by atoms with van der Waals surface area (Å²) in [7, 11) is 6.32. The molecule has 0 aliphatic carbocycles. The minimum Gasteiger partial charge on any atom is -0.329 e. The highest BCUT2D eigenvalue weighted by molar-refractivity contribution is 9.10. The van der Waals surface area contributed by atoms with Crippen LogP contribution in [0.15, 0.2) is 22.7 Å². The molecule has 0 spiro atoms. The lowest BCUT2D eigenvalue weighted by molar-refractivity contribution is 0.222. The van der Waals surface area contributed by atoms with Gasteiger partial charge >= 0.3 is 0 Å². The summed E-state index contributed by atoms with van der Waals surface area (Å²) >= 11 is 3.59. The number of hydrogen-bond acceptors (Lipinski definition) is 3. The number of aryl methyl sites for hydroxylation is 1. The van der Waals surface area contributed by atoms with E-state index >= 15 is 0 Å². The van der Waals surface area contributed by atoms with Crippen molar-refractivity contribution < 1.29 is 0 Å². The van der Waals surface area contributed by atoms with Crippen LogP contribution < -0.4 is 5.73 Å². The highest BCUT2D eigenvalue weighted by Gasteiger charge is 2.15. The van der Waals surface area contributed by atoms with Gasteiger partial charge < -0.3 is 10.6 Å². The second kappa shape index (κ2) is 7.24. The van der Waals surface area contributed by atoms with Gasteiger partial charge in [-0.05, 0) is 45.3 Å². The van der Waals surface area contributed by atoms with E-state index in [1.54, 1.807) is 0 Å². The van der Waals surface area contributed by atoms with E-state index in [0.717, 1.165) is 17.6 Å². The zero-order valence-electron chi connectivity index (χ0n) is 11.8. The Balaban J connectivity index is 2.78. The molecule has 0 amide bonds. The molecule has 0 bridgehead atoms. The van der Waals surface area contributed by atoms with Gasteiger partial charge in [0.25, 0.3) is 0 Å². The lowest BCUT2D eigenvalue weighted by Crippen LogP contribution is -2.35. The fourth-order valence-electron chi connectivity index (χ4n) is 1.90. The Kier molecular flexibility index (Phi) is 6.29. The second-order valence-corrected chi connectivity index (χ2v) is 5.90. The smallest absolute Gasteiger partial charge is 0.0468 e. The van der Waals surface area contributed by atoms with Crippen molar-refractivity contribution in [2.24, 2.45) is 5.73 Å². The van der Waals surface area contributed by atoms with E-state index in [2.05, 4.69) is 72.0 Å². The summed E-state index contributed by atoms with van der Waals surface area (Å²) in [5.41, 5.74) is 8.46. The van der Waals surface area contributed by atoms with Gasteiger partial charge in [0.1, 0.15) is 0 Å². The molecule has 0 aromatic heterocycles. The van der Waals surface area contributed by atoms with Crippen molar-refractivity contribution in [3.63, 3.8) is 0 Å². The molecular formula is C14H24BrN3. The van der Waals surface area contributed by atoms with Gasteiger partial charge in [-0.25, -0.2) is 0 Å². The summed E-state index contributed by atoms with van der Waals surface area (Å²) in [5, 5.41) is 0. The highest BCUT2D eigenvalue weighted by Crippen LogP contribution is 2.24. The first kappa shape index (κ1) is 15.6. The summed E-state index contributed by atoms with van der Waals surface area (Å²) < 4.78 is 1.15. The Morgan fingerprint density at radius 3 is 2.39 bits per heavy atom. The van der Waals surface area contributed by atoms with E-state index < -0.39 is 0 Å². The van der Waals surface area contributed by atoms with Gasteiger partial charge in [-0.15, -0.1) is 0 Å². The quantitative estimate of drug-likeness (QED) is 0.874. The molecule has 0 aliphatic rings. The molecule has 3 nitrogen and oxygen atoms in total. The summed E-state index contributed by atoms with van der Waals surface area (Å²) in [6.45, 7) is 4.79. The van der Waals surface area contributed by atoms with E-state index in [0.29, 0.717) is 6.54 Å². The standard InChI is InChI=1S/C14H24BrN3/c1-11-5-6-12(9-13(11)15)14(10-16)18(4)8-7-17(2)3/h5-6,9,14H,7-8,10,16H2,1-4H3. The predicted molar refractivity (Wildman–Crippen MR) is 81.9 cm³/mol. The van der Waals surface area contributed by atoms with Gasteiger partial charge in [-0.1, -0.05) is 28.1 Å². The maximum absolute atomic E-state index is 5.93. The molecule has 1 atom stereocenters. The summed E-state index contributed by atoms with van der Waals surface area (Å²) in [6, 6.07) is 6.77. The maximum Gasteiger partial charge on any atom is 0.0468 e. The molecule has 0 fully saturated rings. The molecule has 0 saturated heterocycles. The minimum absolute atomic E-state index is 0.279. The Morgan fingerprint density at radius 2 is 1.89 bits per heavy atom. The van der Waals surface area contributed by atoms with Crippen molar-refractivity contribution in [1.82, 2.24) is 9.80 Å². The third kappa shape index (κ3) is 4.35. The fourth-order valence-corrected chi connectivity index (χ4v) is 2.30. The predicted octanol–water partition coefficient (Wildman–Crippen LogP) is 2.25. The van der Waals surface area contributed by atoms with Crippen molar-refractivity contribution in [2.75, 3.05) is 40.8 Å². The highest BCUT2D eigenvalue weighted by atomic mass is 79.9. The third-order valence-corrected chi connectivity index (χ3v) is 4.09. The zero-order chi connectivity index (χ0) is 13.7. The molecule has 0 saturated carbocycles. The molecule has 1 aromatic carbocycles. The van der Waals surface area contributed by atoms with Gasteiger partial charge in [0.15, 0.2) is 0 Å². The van der Waals surface area contributed by atoms with Crippen LogP contribution in [0.5, 0.6) is 0 Å². The normalized spacial score (nSPS) is 13.3. The number of hydrogen-bond donors (Lipinski definition) is 1. The average molecular weight is 314 g/mol. The van der Waals surface area contributed by atoms with Crippen LogP contribution in [0.2, 0.25) is 0 Å². The summed E-state index contributed by atoms with van der Waals surface area (Å²) in [5.74, 6) is 0. The first-order valence-corrected chi connectivity index (χ1v) is 7.06. The van der Waals surface area contributed by atoms with Crippen molar-refractivity contribution >= 4 is 15.9 Å². The second-order valence-electron chi connectivity index (χ2n) is 5.04. The van der Waals surface area contributed by atoms with E-state index in [9.17, 15) is 0 Å². The lowest BCUT2D eigenvalue weighted by Gasteiger charge is -2.28. The zero-order valence-corrected chi connectivity index (χ0v) is 13.4. The monoisotopic (exact) mass is 313 g/mol.